The molecule has 14 heavy (non-hydrogen) atoms. The average Bonchev–Trinajstić information content (AvgIpc) is 1.99. The van der Waals surface area contributed by atoms with Gasteiger partial charge in [-0.3, -0.25) is 4.90 Å². The Kier molecular flexibility index (Phi) is 3.24. The summed E-state index contributed by atoms with van der Waals surface area (Å²) in [5.41, 5.74) is 0.225. The molecule has 0 aliphatic carbocycles. The number of hydrogen-bond donors (Lipinski definition) is 2. The Labute approximate surface area is 87.5 Å². The first-order valence-corrected chi connectivity index (χ1v) is 5.40. The molecule has 0 aromatic carbocycles. The third kappa shape index (κ3) is 2.27. The van der Waals surface area contributed by atoms with Gasteiger partial charge in [0.05, 0.1) is 6.61 Å². The molecule has 0 aromatic rings. The summed E-state index contributed by atoms with van der Waals surface area (Å²) in [6.45, 7) is 13.2. The highest BCUT2D eigenvalue weighted by Gasteiger charge is 2.41. The van der Waals surface area contributed by atoms with E-state index in [9.17, 15) is 5.11 Å². The van der Waals surface area contributed by atoms with E-state index < -0.39 is 0 Å². The van der Waals surface area contributed by atoms with Gasteiger partial charge in [0.25, 0.3) is 0 Å². The molecule has 0 aromatic heterocycles. The maximum Gasteiger partial charge on any atom is 0.0599 e. The summed E-state index contributed by atoms with van der Waals surface area (Å²) in [4.78, 5) is 2.43. The second kappa shape index (κ2) is 3.80. The van der Waals surface area contributed by atoms with E-state index in [1.54, 1.807) is 0 Å². The van der Waals surface area contributed by atoms with Crippen LogP contribution in [0, 0.1) is 0 Å². The number of rotatable bonds is 1. The van der Waals surface area contributed by atoms with Crippen LogP contribution in [0.1, 0.15) is 34.6 Å². The maximum absolute atomic E-state index is 9.38. The van der Waals surface area contributed by atoms with Crippen LogP contribution in [0.4, 0.5) is 0 Å². The summed E-state index contributed by atoms with van der Waals surface area (Å²) >= 11 is 0. The zero-order valence-corrected chi connectivity index (χ0v) is 10.1. The fourth-order valence-electron chi connectivity index (χ4n) is 2.82. The van der Waals surface area contributed by atoms with Gasteiger partial charge in [-0.15, -0.1) is 0 Å². The highest BCUT2D eigenvalue weighted by Crippen LogP contribution is 2.29. The van der Waals surface area contributed by atoms with Crippen molar-refractivity contribution >= 4 is 0 Å². The standard InChI is InChI=1S/C11H24N2O/c1-10(2,3)13-9(7-14)6-12-8-11(13,4)5/h9,12,14H,6-8H2,1-5H3. The van der Waals surface area contributed by atoms with Gasteiger partial charge in [0, 0.05) is 30.2 Å². The minimum absolute atomic E-state index is 0.110. The van der Waals surface area contributed by atoms with Crippen molar-refractivity contribution < 1.29 is 5.11 Å². The van der Waals surface area contributed by atoms with Crippen molar-refractivity contribution in [2.24, 2.45) is 0 Å². The lowest BCUT2D eigenvalue weighted by Gasteiger charge is -2.54. The molecule has 1 atom stereocenters. The summed E-state index contributed by atoms with van der Waals surface area (Å²) in [5, 5.41) is 12.8. The van der Waals surface area contributed by atoms with Crippen LogP contribution in [0.5, 0.6) is 0 Å². The van der Waals surface area contributed by atoms with Crippen molar-refractivity contribution in [1.29, 1.82) is 0 Å². The van der Waals surface area contributed by atoms with Crippen LogP contribution in [0.15, 0.2) is 0 Å². The first-order chi connectivity index (χ1) is 6.29. The average molecular weight is 200 g/mol. The van der Waals surface area contributed by atoms with Crippen LogP contribution in [-0.2, 0) is 0 Å². The Bertz CT molecular complexity index is 196. The quantitative estimate of drug-likeness (QED) is 0.658. The first-order valence-electron chi connectivity index (χ1n) is 5.40. The molecule has 1 rings (SSSR count). The Morgan fingerprint density at radius 2 is 2.00 bits per heavy atom. The topological polar surface area (TPSA) is 35.5 Å². The molecule has 0 saturated carbocycles. The van der Waals surface area contributed by atoms with Gasteiger partial charge in [0.1, 0.15) is 0 Å². The molecule has 0 spiro atoms. The Morgan fingerprint density at radius 3 is 2.36 bits per heavy atom. The number of aliphatic hydroxyl groups excluding tert-OH is 1. The molecular weight excluding hydrogens is 176 g/mol. The summed E-state index contributed by atoms with van der Waals surface area (Å²) in [7, 11) is 0. The van der Waals surface area contributed by atoms with Gasteiger partial charge in [-0.1, -0.05) is 0 Å². The fraction of sp³-hybridized carbons (Fsp3) is 1.00. The first kappa shape index (κ1) is 12.0. The third-order valence-electron chi connectivity index (χ3n) is 2.89. The van der Waals surface area contributed by atoms with Crippen molar-refractivity contribution in [3.05, 3.63) is 0 Å². The molecule has 1 fully saturated rings. The van der Waals surface area contributed by atoms with E-state index >= 15 is 0 Å². The molecule has 1 aliphatic rings. The minimum atomic E-state index is 0.110. The Morgan fingerprint density at radius 1 is 1.43 bits per heavy atom. The van der Waals surface area contributed by atoms with Crippen LogP contribution in [0.2, 0.25) is 0 Å². The van der Waals surface area contributed by atoms with E-state index in [1.807, 2.05) is 0 Å². The van der Waals surface area contributed by atoms with Crippen LogP contribution in [-0.4, -0.2) is 46.8 Å². The predicted octanol–water partition coefficient (Wildman–Crippen LogP) is 0.830. The van der Waals surface area contributed by atoms with Gasteiger partial charge in [0.2, 0.25) is 0 Å². The molecule has 0 amide bonds. The van der Waals surface area contributed by atoms with E-state index in [0.717, 1.165) is 13.1 Å². The lowest BCUT2D eigenvalue weighted by atomic mass is 9.89. The van der Waals surface area contributed by atoms with Crippen molar-refractivity contribution in [1.82, 2.24) is 10.2 Å². The highest BCUT2D eigenvalue weighted by atomic mass is 16.3. The van der Waals surface area contributed by atoms with Crippen molar-refractivity contribution in [3.63, 3.8) is 0 Å². The monoisotopic (exact) mass is 200 g/mol. The highest BCUT2D eigenvalue weighted by molar-refractivity contribution is 4.99. The zero-order chi connectivity index (χ0) is 11.0. The lowest BCUT2D eigenvalue weighted by Crippen LogP contribution is -2.69. The number of nitrogens with one attached hydrogen (secondary N) is 1. The molecule has 1 heterocycles. The molecule has 84 valence electrons. The van der Waals surface area contributed by atoms with Gasteiger partial charge in [-0.25, -0.2) is 0 Å². The van der Waals surface area contributed by atoms with Gasteiger partial charge < -0.3 is 10.4 Å². The second-order valence-corrected chi connectivity index (χ2v) is 5.82. The number of piperazine rings is 1. The van der Waals surface area contributed by atoms with Crippen LogP contribution >= 0.6 is 0 Å². The molecule has 2 N–H and O–H groups in total. The SMILES string of the molecule is CC(C)(C)N1C(CO)CNCC1(C)C. The molecular formula is C11H24N2O. The van der Waals surface area contributed by atoms with E-state index in [2.05, 4.69) is 44.8 Å². The number of hydrogen-bond acceptors (Lipinski definition) is 3. The molecule has 0 bridgehead atoms. The second-order valence-electron chi connectivity index (χ2n) is 5.82. The molecule has 3 nitrogen and oxygen atoms in total. The molecule has 1 aliphatic heterocycles. The number of nitrogens with zero attached hydrogens (tertiary/aromatic N) is 1. The fourth-order valence-corrected chi connectivity index (χ4v) is 2.82. The zero-order valence-electron chi connectivity index (χ0n) is 10.1. The molecule has 1 saturated heterocycles. The predicted molar refractivity (Wildman–Crippen MR) is 59.4 cm³/mol. The summed E-state index contributed by atoms with van der Waals surface area (Å²) in [6, 6.07) is 0.235. The Hall–Kier alpha value is -0.120. The maximum atomic E-state index is 9.38. The summed E-state index contributed by atoms with van der Waals surface area (Å²) in [6.07, 6.45) is 0. The van der Waals surface area contributed by atoms with Crippen LogP contribution in [0.25, 0.3) is 0 Å². The third-order valence-corrected chi connectivity index (χ3v) is 2.89. The largest absolute Gasteiger partial charge is 0.395 e. The van der Waals surface area contributed by atoms with Gasteiger partial charge in [-0.05, 0) is 34.6 Å². The van der Waals surface area contributed by atoms with Gasteiger partial charge >= 0.3 is 0 Å². The minimum Gasteiger partial charge on any atom is -0.395 e. The van der Waals surface area contributed by atoms with Gasteiger partial charge in [0.15, 0.2) is 0 Å². The molecule has 3 heteroatoms. The van der Waals surface area contributed by atoms with Crippen molar-refractivity contribution in [2.75, 3.05) is 19.7 Å². The van der Waals surface area contributed by atoms with Gasteiger partial charge in [-0.2, -0.15) is 0 Å². The van der Waals surface area contributed by atoms with Crippen molar-refractivity contribution in [2.45, 2.75) is 51.7 Å². The van der Waals surface area contributed by atoms with E-state index in [1.165, 1.54) is 0 Å². The molecule has 0 radical (unpaired) electrons. The van der Waals surface area contributed by atoms with Crippen LogP contribution < -0.4 is 5.32 Å². The smallest absolute Gasteiger partial charge is 0.0599 e. The van der Waals surface area contributed by atoms with E-state index in [-0.39, 0.29) is 23.7 Å². The lowest BCUT2D eigenvalue weighted by molar-refractivity contribution is -0.0541. The Balaban J connectivity index is 2.90. The van der Waals surface area contributed by atoms with Crippen molar-refractivity contribution in [3.8, 4) is 0 Å². The normalized spacial score (nSPS) is 29.1. The molecule has 1 unspecified atom stereocenters. The summed E-state index contributed by atoms with van der Waals surface area (Å²) < 4.78 is 0. The van der Waals surface area contributed by atoms with Crippen LogP contribution in [0.3, 0.4) is 0 Å². The van der Waals surface area contributed by atoms with E-state index in [0.29, 0.717) is 0 Å². The van der Waals surface area contributed by atoms with E-state index in [4.69, 9.17) is 0 Å². The summed E-state index contributed by atoms with van der Waals surface area (Å²) in [5.74, 6) is 0. The number of aliphatic hydroxyl groups is 1.